The topological polar surface area (TPSA) is 96.1 Å². The maximum Gasteiger partial charge on any atom is 0.145 e. The zero-order valence-corrected chi connectivity index (χ0v) is 9.27. The van der Waals surface area contributed by atoms with Crippen LogP contribution in [0.2, 0.25) is 0 Å². The van der Waals surface area contributed by atoms with Crippen molar-refractivity contribution in [2.45, 2.75) is 25.9 Å². The van der Waals surface area contributed by atoms with Crippen LogP contribution in [0.5, 0.6) is 0 Å². The molecule has 5 N–H and O–H groups in total. The standard InChI is InChI=1S/C10H17N5O/c1-6-13-9(4-10(14-6)15-11)12-5-7-2-8(16)3-7/h4,7-8,16H,2-3,5,11H2,1H3,(H2,12,13,14,15). The molecule has 0 atom stereocenters. The Bertz CT molecular complexity index is 364. The van der Waals surface area contributed by atoms with Crippen molar-refractivity contribution in [2.24, 2.45) is 11.8 Å². The summed E-state index contributed by atoms with van der Waals surface area (Å²) in [5.74, 6) is 7.88. The summed E-state index contributed by atoms with van der Waals surface area (Å²) < 4.78 is 0. The van der Waals surface area contributed by atoms with E-state index in [2.05, 4.69) is 20.7 Å². The van der Waals surface area contributed by atoms with Crippen molar-refractivity contribution in [3.8, 4) is 0 Å². The Morgan fingerprint density at radius 3 is 2.75 bits per heavy atom. The minimum absolute atomic E-state index is 0.111. The van der Waals surface area contributed by atoms with Crippen LogP contribution >= 0.6 is 0 Å². The fourth-order valence-corrected chi connectivity index (χ4v) is 1.85. The van der Waals surface area contributed by atoms with Crippen LogP contribution in [-0.4, -0.2) is 27.7 Å². The first-order chi connectivity index (χ1) is 7.67. The molecule has 0 aliphatic heterocycles. The lowest BCUT2D eigenvalue weighted by Gasteiger charge is -2.31. The minimum atomic E-state index is -0.111. The maximum atomic E-state index is 9.16. The average Bonchev–Trinajstić information content (AvgIpc) is 2.22. The highest BCUT2D eigenvalue weighted by atomic mass is 16.3. The van der Waals surface area contributed by atoms with E-state index < -0.39 is 0 Å². The number of nitrogens with two attached hydrogens (primary N) is 1. The van der Waals surface area contributed by atoms with E-state index in [1.165, 1.54) is 0 Å². The lowest BCUT2D eigenvalue weighted by Crippen LogP contribution is -2.33. The third kappa shape index (κ3) is 2.59. The molecule has 0 unspecified atom stereocenters. The van der Waals surface area contributed by atoms with E-state index in [0.29, 0.717) is 17.6 Å². The minimum Gasteiger partial charge on any atom is -0.393 e. The second kappa shape index (κ2) is 4.63. The van der Waals surface area contributed by atoms with Crippen molar-refractivity contribution < 1.29 is 5.11 Å². The second-order valence-electron chi connectivity index (χ2n) is 4.20. The van der Waals surface area contributed by atoms with Gasteiger partial charge in [0.05, 0.1) is 6.10 Å². The first-order valence-corrected chi connectivity index (χ1v) is 5.41. The predicted octanol–water partition coefficient (Wildman–Crippen LogP) is 0.253. The van der Waals surface area contributed by atoms with E-state index in [0.717, 1.165) is 25.2 Å². The van der Waals surface area contributed by atoms with Gasteiger partial charge in [-0.2, -0.15) is 0 Å². The van der Waals surface area contributed by atoms with Crippen LogP contribution in [0.3, 0.4) is 0 Å². The van der Waals surface area contributed by atoms with E-state index in [4.69, 9.17) is 10.9 Å². The molecule has 0 radical (unpaired) electrons. The Hall–Kier alpha value is -1.40. The molecule has 1 aliphatic rings. The zero-order chi connectivity index (χ0) is 11.5. The molecule has 1 fully saturated rings. The van der Waals surface area contributed by atoms with Crippen LogP contribution in [0.1, 0.15) is 18.7 Å². The fraction of sp³-hybridized carbons (Fsp3) is 0.600. The largest absolute Gasteiger partial charge is 0.393 e. The van der Waals surface area contributed by atoms with Gasteiger partial charge in [0.1, 0.15) is 17.5 Å². The van der Waals surface area contributed by atoms with Gasteiger partial charge in [-0.05, 0) is 25.7 Å². The summed E-state index contributed by atoms with van der Waals surface area (Å²) in [5.41, 5.74) is 2.50. The molecule has 1 heterocycles. The van der Waals surface area contributed by atoms with Gasteiger partial charge in [0.2, 0.25) is 0 Å². The molecule has 1 aliphatic carbocycles. The third-order valence-corrected chi connectivity index (χ3v) is 2.77. The molecule has 6 heteroatoms. The lowest BCUT2D eigenvalue weighted by molar-refractivity contribution is 0.0486. The molecule has 1 aromatic heterocycles. The molecular weight excluding hydrogens is 206 g/mol. The van der Waals surface area contributed by atoms with Crippen LogP contribution in [0.15, 0.2) is 6.07 Å². The number of aliphatic hydroxyl groups excluding tert-OH is 1. The molecule has 88 valence electrons. The molecule has 0 bridgehead atoms. The number of nitrogens with one attached hydrogen (secondary N) is 2. The SMILES string of the molecule is Cc1nc(NN)cc(NCC2CC(O)C2)n1. The van der Waals surface area contributed by atoms with E-state index >= 15 is 0 Å². The Balaban J connectivity index is 1.90. The molecule has 2 rings (SSSR count). The number of rotatable bonds is 4. The predicted molar refractivity (Wildman–Crippen MR) is 61.8 cm³/mol. The van der Waals surface area contributed by atoms with Crippen LogP contribution < -0.4 is 16.6 Å². The molecule has 1 aromatic rings. The summed E-state index contributed by atoms with van der Waals surface area (Å²) in [4.78, 5) is 8.35. The number of hydrazine groups is 1. The second-order valence-corrected chi connectivity index (χ2v) is 4.20. The summed E-state index contributed by atoms with van der Waals surface area (Å²) in [6, 6.07) is 1.77. The summed E-state index contributed by atoms with van der Waals surface area (Å²) in [6.07, 6.45) is 1.64. The highest BCUT2D eigenvalue weighted by Crippen LogP contribution is 2.27. The van der Waals surface area contributed by atoms with Crippen molar-refractivity contribution >= 4 is 11.6 Å². The molecule has 1 saturated carbocycles. The molecule has 0 amide bonds. The van der Waals surface area contributed by atoms with Gasteiger partial charge in [-0.25, -0.2) is 15.8 Å². The van der Waals surface area contributed by atoms with Crippen molar-refractivity contribution in [1.29, 1.82) is 0 Å². The van der Waals surface area contributed by atoms with Gasteiger partial charge < -0.3 is 15.8 Å². The monoisotopic (exact) mass is 223 g/mol. The third-order valence-electron chi connectivity index (χ3n) is 2.77. The van der Waals surface area contributed by atoms with Gasteiger partial charge in [0.25, 0.3) is 0 Å². The summed E-state index contributed by atoms with van der Waals surface area (Å²) >= 11 is 0. The quantitative estimate of drug-likeness (QED) is 0.432. The Kier molecular flexibility index (Phi) is 3.21. The molecule has 16 heavy (non-hydrogen) atoms. The van der Waals surface area contributed by atoms with Crippen molar-refractivity contribution in [3.05, 3.63) is 11.9 Å². The number of hydrogen-bond donors (Lipinski definition) is 4. The van der Waals surface area contributed by atoms with E-state index in [1.807, 2.05) is 6.92 Å². The number of hydrogen-bond acceptors (Lipinski definition) is 6. The first kappa shape index (κ1) is 11.1. The highest BCUT2D eigenvalue weighted by Gasteiger charge is 2.26. The summed E-state index contributed by atoms with van der Waals surface area (Å²) in [7, 11) is 0. The number of anilines is 2. The fourth-order valence-electron chi connectivity index (χ4n) is 1.85. The number of nitrogens with zero attached hydrogens (tertiary/aromatic N) is 2. The highest BCUT2D eigenvalue weighted by molar-refractivity contribution is 5.46. The smallest absolute Gasteiger partial charge is 0.145 e. The van der Waals surface area contributed by atoms with Gasteiger partial charge in [-0.15, -0.1) is 0 Å². The van der Waals surface area contributed by atoms with Crippen molar-refractivity contribution in [3.63, 3.8) is 0 Å². The van der Waals surface area contributed by atoms with Crippen LogP contribution in [-0.2, 0) is 0 Å². The number of aromatic nitrogens is 2. The van der Waals surface area contributed by atoms with Gasteiger partial charge in [-0.1, -0.05) is 0 Å². The summed E-state index contributed by atoms with van der Waals surface area (Å²) in [6.45, 7) is 2.65. The lowest BCUT2D eigenvalue weighted by atomic mass is 9.82. The maximum absolute atomic E-state index is 9.16. The van der Waals surface area contributed by atoms with E-state index in [-0.39, 0.29) is 6.10 Å². The van der Waals surface area contributed by atoms with Crippen LogP contribution in [0, 0.1) is 12.8 Å². The Morgan fingerprint density at radius 2 is 2.12 bits per heavy atom. The number of aryl methyl sites for hydroxylation is 1. The molecule has 6 nitrogen and oxygen atoms in total. The normalized spacial score (nSPS) is 23.7. The van der Waals surface area contributed by atoms with Crippen LogP contribution in [0.4, 0.5) is 11.6 Å². The van der Waals surface area contributed by atoms with Gasteiger partial charge in [0.15, 0.2) is 0 Å². The van der Waals surface area contributed by atoms with E-state index in [1.54, 1.807) is 6.07 Å². The Morgan fingerprint density at radius 1 is 1.44 bits per heavy atom. The molecule has 0 saturated heterocycles. The van der Waals surface area contributed by atoms with Crippen molar-refractivity contribution in [2.75, 3.05) is 17.3 Å². The van der Waals surface area contributed by atoms with Gasteiger partial charge in [0, 0.05) is 12.6 Å². The molecule has 0 spiro atoms. The van der Waals surface area contributed by atoms with Crippen molar-refractivity contribution in [1.82, 2.24) is 9.97 Å². The first-order valence-electron chi connectivity index (χ1n) is 5.41. The van der Waals surface area contributed by atoms with Gasteiger partial charge >= 0.3 is 0 Å². The average molecular weight is 223 g/mol. The Labute approximate surface area is 94.3 Å². The number of aliphatic hydroxyl groups is 1. The van der Waals surface area contributed by atoms with E-state index in [9.17, 15) is 0 Å². The van der Waals surface area contributed by atoms with Gasteiger partial charge in [-0.3, -0.25) is 0 Å². The molecular formula is C10H17N5O. The zero-order valence-electron chi connectivity index (χ0n) is 9.27. The number of nitrogen functional groups attached to an aromatic ring is 1. The molecule has 0 aromatic carbocycles. The van der Waals surface area contributed by atoms with Crippen LogP contribution in [0.25, 0.3) is 0 Å². The summed E-state index contributed by atoms with van der Waals surface area (Å²) in [5, 5.41) is 12.4.